The number of nitrogens with zero attached hydrogens (tertiary/aromatic N) is 2. The fourth-order valence-corrected chi connectivity index (χ4v) is 5.81. The van der Waals surface area contributed by atoms with Crippen LogP contribution in [0.25, 0.3) is 0 Å². The largest absolute Gasteiger partial charge is 0.323 e. The molecule has 8 heteroatoms. The molecule has 30 heavy (non-hydrogen) atoms. The molecule has 0 bridgehead atoms. The van der Waals surface area contributed by atoms with Crippen molar-refractivity contribution in [1.29, 1.82) is 0 Å². The minimum absolute atomic E-state index is 0.158. The third-order valence-corrected chi connectivity index (χ3v) is 7.70. The molecule has 1 heterocycles. The van der Waals surface area contributed by atoms with E-state index in [1.54, 1.807) is 6.07 Å². The van der Waals surface area contributed by atoms with E-state index in [4.69, 9.17) is 11.6 Å². The van der Waals surface area contributed by atoms with Gasteiger partial charge in [0, 0.05) is 26.2 Å². The van der Waals surface area contributed by atoms with Crippen LogP contribution in [0.1, 0.15) is 22.3 Å². The second-order valence-corrected chi connectivity index (χ2v) is 10.2. The third-order valence-electron chi connectivity index (χ3n) is 5.34. The van der Waals surface area contributed by atoms with E-state index in [0.717, 1.165) is 22.3 Å². The van der Waals surface area contributed by atoms with Crippen molar-refractivity contribution in [2.24, 2.45) is 0 Å². The lowest BCUT2D eigenvalue weighted by molar-refractivity contribution is -0.117. The van der Waals surface area contributed by atoms with Gasteiger partial charge in [0.2, 0.25) is 15.9 Å². The maximum absolute atomic E-state index is 13.0. The second-order valence-electron chi connectivity index (χ2n) is 7.94. The highest BCUT2D eigenvalue weighted by Crippen LogP contribution is 2.27. The molecule has 1 N–H and O–H groups in total. The summed E-state index contributed by atoms with van der Waals surface area (Å²) in [6.07, 6.45) is 0. The Bertz CT molecular complexity index is 1040. The molecule has 2 aromatic rings. The smallest absolute Gasteiger partial charge is 0.243 e. The zero-order valence-electron chi connectivity index (χ0n) is 17.8. The van der Waals surface area contributed by atoms with Crippen LogP contribution in [-0.2, 0) is 14.8 Å². The number of rotatable bonds is 5. The summed E-state index contributed by atoms with van der Waals surface area (Å²) in [6, 6.07) is 9.16. The molecule has 1 fully saturated rings. The molecule has 6 nitrogen and oxygen atoms in total. The minimum atomic E-state index is -3.54. The first kappa shape index (κ1) is 22.7. The van der Waals surface area contributed by atoms with Crippen LogP contribution in [0.5, 0.6) is 0 Å². The topological polar surface area (TPSA) is 69.7 Å². The van der Waals surface area contributed by atoms with Crippen LogP contribution < -0.4 is 5.32 Å². The SMILES string of the molecule is Cc1ccc(S(=O)(=O)N2CCN(CC(=O)Nc3c(C)cc(C)cc3Cl)CC2)c(C)c1. The van der Waals surface area contributed by atoms with Crippen molar-refractivity contribution in [1.82, 2.24) is 9.21 Å². The summed E-state index contributed by atoms with van der Waals surface area (Å²) >= 11 is 6.27. The van der Waals surface area contributed by atoms with E-state index in [9.17, 15) is 13.2 Å². The predicted octanol–water partition coefficient (Wildman–Crippen LogP) is 3.52. The van der Waals surface area contributed by atoms with E-state index in [0.29, 0.717) is 41.8 Å². The number of piperazine rings is 1. The van der Waals surface area contributed by atoms with Crippen LogP contribution >= 0.6 is 11.6 Å². The number of aryl methyl sites for hydroxylation is 4. The summed E-state index contributed by atoms with van der Waals surface area (Å²) in [7, 11) is -3.54. The first-order valence-electron chi connectivity index (χ1n) is 9.94. The van der Waals surface area contributed by atoms with Crippen molar-refractivity contribution < 1.29 is 13.2 Å². The molecule has 1 aliphatic heterocycles. The maximum atomic E-state index is 13.0. The van der Waals surface area contributed by atoms with Crippen LogP contribution in [-0.4, -0.2) is 56.3 Å². The van der Waals surface area contributed by atoms with Crippen LogP contribution in [0.4, 0.5) is 5.69 Å². The molecule has 162 valence electrons. The van der Waals surface area contributed by atoms with Gasteiger partial charge in [-0.1, -0.05) is 35.4 Å². The van der Waals surface area contributed by atoms with Gasteiger partial charge in [0.05, 0.1) is 22.2 Å². The van der Waals surface area contributed by atoms with E-state index in [1.165, 1.54) is 4.31 Å². The lowest BCUT2D eigenvalue weighted by Crippen LogP contribution is -2.50. The zero-order valence-corrected chi connectivity index (χ0v) is 19.4. The van der Waals surface area contributed by atoms with Crippen molar-refractivity contribution in [3.8, 4) is 0 Å². The van der Waals surface area contributed by atoms with E-state index in [1.807, 2.05) is 56.9 Å². The Morgan fingerprint density at radius 2 is 1.60 bits per heavy atom. The minimum Gasteiger partial charge on any atom is -0.323 e. The third kappa shape index (κ3) is 5.03. The Hall–Kier alpha value is -1.93. The van der Waals surface area contributed by atoms with Crippen LogP contribution in [0, 0.1) is 27.7 Å². The van der Waals surface area contributed by atoms with Crippen molar-refractivity contribution in [2.75, 3.05) is 38.0 Å². The summed E-state index contributed by atoms with van der Waals surface area (Å²) in [5.41, 5.74) is 4.37. The van der Waals surface area contributed by atoms with Gasteiger partial charge in [-0.25, -0.2) is 8.42 Å². The van der Waals surface area contributed by atoms with Gasteiger partial charge in [-0.05, 0) is 56.5 Å². The van der Waals surface area contributed by atoms with Crippen LogP contribution in [0.15, 0.2) is 35.2 Å². The Kier molecular flexibility index (Phi) is 6.87. The molecule has 1 aliphatic rings. The molecule has 3 rings (SSSR count). The van der Waals surface area contributed by atoms with Crippen molar-refractivity contribution in [2.45, 2.75) is 32.6 Å². The van der Waals surface area contributed by atoms with Gasteiger partial charge in [-0.3, -0.25) is 9.69 Å². The molecule has 0 aromatic heterocycles. The summed E-state index contributed by atoms with van der Waals surface area (Å²) in [5.74, 6) is -0.158. The number of carbonyl (C=O) groups excluding carboxylic acids is 1. The molecule has 2 aromatic carbocycles. The molecule has 0 aliphatic carbocycles. The molecule has 0 radical (unpaired) electrons. The van der Waals surface area contributed by atoms with Gasteiger partial charge in [0.15, 0.2) is 0 Å². The molecule has 0 atom stereocenters. The van der Waals surface area contributed by atoms with Crippen LogP contribution in [0.2, 0.25) is 5.02 Å². The lowest BCUT2D eigenvalue weighted by atomic mass is 10.1. The Morgan fingerprint density at radius 1 is 0.967 bits per heavy atom. The molecular weight excluding hydrogens is 422 g/mol. The number of halogens is 1. The van der Waals surface area contributed by atoms with Crippen molar-refractivity contribution in [3.63, 3.8) is 0 Å². The van der Waals surface area contributed by atoms with Crippen LogP contribution in [0.3, 0.4) is 0 Å². The normalized spacial score (nSPS) is 15.9. The first-order valence-corrected chi connectivity index (χ1v) is 11.8. The molecule has 1 amide bonds. The van der Waals surface area contributed by atoms with E-state index in [2.05, 4.69) is 5.32 Å². The highest BCUT2D eigenvalue weighted by atomic mass is 35.5. The van der Waals surface area contributed by atoms with Gasteiger partial charge in [0.25, 0.3) is 0 Å². The van der Waals surface area contributed by atoms with Crippen molar-refractivity contribution in [3.05, 3.63) is 57.6 Å². The summed E-state index contributed by atoms with van der Waals surface area (Å²) in [5, 5.41) is 3.41. The lowest BCUT2D eigenvalue weighted by Gasteiger charge is -2.33. The molecule has 0 spiro atoms. The van der Waals surface area contributed by atoms with Gasteiger partial charge < -0.3 is 5.32 Å². The molecule has 1 saturated heterocycles. The summed E-state index contributed by atoms with van der Waals surface area (Å²) in [6.45, 7) is 9.52. The second kappa shape index (κ2) is 9.06. The quantitative estimate of drug-likeness (QED) is 0.758. The summed E-state index contributed by atoms with van der Waals surface area (Å²) < 4.78 is 27.5. The van der Waals surface area contributed by atoms with E-state index >= 15 is 0 Å². The van der Waals surface area contributed by atoms with Gasteiger partial charge in [-0.15, -0.1) is 0 Å². The Morgan fingerprint density at radius 3 is 2.20 bits per heavy atom. The van der Waals surface area contributed by atoms with Gasteiger partial charge in [-0.2, -0.15) is 4.31 Å². The number of nitrogens with one attached hydrogen (secondary N) is 1. The predicted molar refractivity (Wildman–Crippen MR) is 121 cm³/mol. The molecular formula is C22H28ClN3O3S. The molecule has 0 unspecified atom stereocenters. The molecule has 0 saturated carbocycles. The highest BCUT2D eigenvalue weighted by Gasteiger charge is 2.30. The fourth-order valence-electron chi connectivity index (χ4n) is 3.81. The standard InChI is InChI=1S/C22H28ClN3O3S/c1-15-5-6-20(17(3)11-15)30(28,29)26-9-7-25(8-10-26)14-21(27)24-22-18(4)12-16(2)13-19(22)23/h5-6,11-13H,7-10,14H2,1-4H3,(H,24,27). The average Bonchev–Trinajstić information content (AvgIpc) is 2.65. The number of hydrogen-bond acceptors (Lipinski definition) is 4. The zero-order chi connectivity index (χ0) is 22.1. The van der Waals surface area contributed by atoms with E-state index < -0.39 is 10.0 Å². The maximum Gasteiger partial charge on any atom is 0.243 e. The number of carbonyl (C=O) groups is 1. The number of amides is 1. The van der Waals surface area contributed by atoms with E-state index in [-0.39, 0.29) is 12.5 Å². The Balaban J connectivity index is 1.60. The average molecular weight is 450 g/mol. The van der Waals surface area contributed by atoms with Crippen molar-refractivity contribution >= 4 is 33.2 Å². The summed E-state index contributed by atoms with van der Waals surface area (Å²) in [4.78, 5) is 14.8. The van der Waals surface area contributed by atoms with Gasteiger partial charge >= 0.3 is 0 Å². The number of anilines is 1. The monoisotopic (exact) mass is 449 g/mol. The number of sulfonamides is 1. The highest BCUT2D eigenvalue weighted by molar-refractivity contribution is 7.89. The number of benzene rings is 2. The fraction of sp³-hybridized carbons (Fsp3) is 0.409. The number of hydrogen-bond donors (Lipinski definition) is 1. The van der Waals surface area contributed by atoms with Gasteiger partial charge in [0.1, 0.15) is 0 Å². The first-order chi connectivity index (χ1) is 14.1. The Labute approximate surface area is 183 Å².